The van der Waals surface area contributed by atoms with Crippen LogP contribution in [0.15, 0.2) is 73.7 Å². The minimum Gasteiger partial charge on any atom is -0.352 e. The summed E-state index contributed by atoms with van der Waals surface area (Å²) < 4.78 is 0. The topological polar surface area (TPSA) is 125 Å². The fraction of sp³-hybridized carbons (Fsp3) is 0.172. The van der Waals surface area contributed by atoms with E-state index in [1.807, 2.05) is 63.6 Å². The third-order valence-corrected chi connectivity index (χ3v) is 6.24. The van der Waals surface area contributed by atoms with Gasteiger partial charge in [-0.2, -0.15) is 5.10 Å². The van der Waals surface area contributed by atoms with E-state index in [0.717, 1.165) is 49.9 Å². The molecule has 0 unspecified atom stereocenters. The number of hydrogen-bond acceptors (Lipinski definition) is 6. The van der Waals surface area contributed by atoms with Crippen molar-refractivity contribution >= 4 is 33.5 Å². The standard InChI is InChI=1S/C29H26N8O/c1-29(2,3)10-26(38)34-20-7-18(12-31-14-20)19-8-22-27(36-37-28(22)33-13-19)24-9-21-23(15-32-16-25(21)35-24)17-5-4-6-30-11-17/h4-9,11-16,35H,10H2,1-3H3,(H,34,38)(H,33,36,37). The van der Waals surface area contributed by atoms with E-state index in [-0.39, 0.29) is 11.3 Å². The normalized spacial score (nSPS) is 11.8. The Morgan fingerprint density at radius 2 is 1.71 bits per heavy atom. The maximum absolute atomic E-state index is 12.4. The van der Waals surface area contributed by atoms with E-state index in [9.17, 15) is 4.79 Å². The Morgan fingerprint density at radius 3 is 2.53 bits per heavy atom. The number of aromatic amines is 2. The highest BCUT2D eigenvalue weighted by atomic mass is 16.1. The summed E-state index contributed by atoms with van der Waals surface area (Å²) in [7, 11) is 0. The molecule has 0 saturated carbocycles. The van der Waals surface area contributed by atoms with E-state index in [4.69, 9.17) is 0 Å². The van der Waals surface area contributed by atoms with E-state index in [0.29, 0.717) is 17.8 Å². The van der Waals surface area contributed by atoms with Gasteiger partial charge in [-0.1, -0.05) is 26.8 Å². The highest BCUT2D eigenvalue weighted by Gasteiger charge is 2.17. The smallest absolute Gasteiger partial charge is 0.224 e. The van der Waals surface area contributed by atoms with Gasteiger partial charge in [0.15, 0.2) is 5.65 Å². The number of rotatable bonds is 5. The van der Waals surface area contributed by atoms with E-state index >= 15 is 0 Å². The van der Waals surface area contributed by atoms with Gasteiger partial charge >= 0.3 is 0 Å². The summed E-state index contributed by atoms with van der Waals surface area (Å²) in [6.07, 6.45) is 12.8. The van der Waals surface area contributed by atoms with Gasteiger partial charge < -0.3 is 10.3 Å². The van der Waals surface area contributed by atoms with Crippen molar-refractivity contribution in [2.24, 2.45) is 5.41 Å². The molecule has 0 spiro atoms. The quantitative estimate of drug-likeness (QED) is 0.265. The second-order valence-electron chi connectivity index (χ2n) is 10.5. The summed E-state index contributed by atoms with van der Waals surface area (Å²) in [6.45, 7) is 6.11. The molecule has 0 atom stereocenters. The zero-order valence-electron chi connectivity index (χ0n) is 21.3. The lowest BCUT2D eigenvalue weighted by molar-refractivity contribution is -0.117. The molecule has 6 aromatic rings. The predicted molar refractivity (Wildman–Crippen MR) is 148 cm³/mol. The molecule has 6 aromatic heterocycles. The first-order chi connectivity index (χ1) is 18.3. The molecule has 0 aliphatic carbocycles. The summed E-state index contributed by atoms with van der Waals surface area (Å²) in [5.74, 6) is -0.0406. The number of carbonyl (C=O) groups excluding carboxylic acids is 1. The van der Waals surface area contributed by atoms with Gasteiger partial charge in [0.2, 0.25) is 5.91 Å². The van der Waals surface area contributed by atoms with Crippen LogP contribution in [0, 0.1) is 5.41 Å². The number of aromatic nitrogens is 7. The summed E-state index contributed by atoms with van der Waals surface area (Å²) in [6, 6.07) is 9.95. The molecule has 9 heteroatoms. The zero-order valence-corrected chi connectivity index (χ0v) is 21.3. The maximum Gasteiger partial charge on any atom is 0.224 e. The van der Waals surface area contributed by atoms with Gasteiger partial charge in [0.05, 0.1) is 29.3 Å². The van der Waals surface area contributed by atoms with Crippen LogP contribution < -0.4 is 5.32 Å². The SMILES string of the molecule is CC(C)(C)CC(=O)Nc1cncc(-c2cnc3[nH]nc(-c4cc5c(-c6cccnc6)cncc5[nH]4)c3c2)c1. The van der Waals surface area contributed by atoms with Gasteiger partial charge in [-0.25, -0.2) is 4.98 Å². The first-order valence-electron chi connectivity index (χ1n) is 12.3. The van der Waals surface area contributed by atoms with Gasteiger partial charge in [-0.05, 0) is 29.7 Å². The van der Waals surface area contributed by atoms with Crippen molar-refractivity contribution in [3.05, 3.63) is 73.7 Å². The number of nitrogens with zero attached hydrogens (tertiary/aromatic N) is 5. The van der Waals surface area contributed by atoms with Crippen LogP contribution in [-0.4, -0.2) is 41.0 Å². The second-order valence-corrected chi connectivity index (χ2v) is 10.5. The van der Waals surface area contributed by atoms with Crippen LogP contribution in [0.1, 0.15) is 27.2 Å². The molecular weight excluding hydrogens is 476 g/mol. The van der Waals surface area contributed by atoms with E-state index < -0.39 is 0 Å². The van der Waals surface area contributed by atoms with Gasteiger partial charge in [0, 0.05) is 70.4 Å². The number of nitrogens with one attached hydrogen (secondary N) is 3. The van der Waals surface area contributed by atoms with Crippen molar-refractivity contribution in [3.63, 3.8) is 0 Å². The van der Waals surface area contributed by atoms with E-state index in [1.54, 1.807) is 24.8 Å². The van der Waals surface area contributed by atoms with Crippen LogP contribution in [-0.2, 0) is 4.79 Å². The van der Waals surface area contributed by atoms with Crippen LogP contribution in [0.4, 0.5) is 5.69 Å². The molecule has 6 heterocycles. The maximum atomic E-state index is 12.4. The third kappa shape index (κ3) is 4.61. The van der Waals surface area contributed by atoms with Gasteiger partial charge in [0.1, 0.15) is 5.69 Å². The number of fused-ring (bicyclic) bond motifs is 2. The lowest BCUT2D eigenvalue weighted by Crippen LogP contribution is -2.19. The number of H-pyrrole nitrogens is 2. The van der Waals surface area contributed by atoms with Crippen molar-refractivity contribution in [2.75, 3.05) is 5.32 Å². The summed E-state index contributed by atoms with van der Waals surface area (Å²) in [4.78, 5) is 33.5. The molecule has 6 rings (SSSR count). The summed E-state index contributed by atoms with van der Waals surface area (Å²) >= 11 is 0. The molecule has 0 aliphatic rings. The van der Waals surface area contributed by atoms with Crippen molar-refractivity contribution < 1.29 is 4.79 Å². The fourth-order valence-electron chi connectivity index (χ4n) is 4.55. The van der Waals surface area contributed by atoms with Crippen molar-refractivity contribution in [3.8, 4) is 33.6 Å². The number of hydrogen-bond donors (Lipinski definition) is 3. The van der Waals surface area contributed by atoms with Crippen molar-refractivity contribution in [1.82, 2.24) is 35.1 Å². The Labute approximate surface area is 218 Å². The predicted octanol–water partition coefficient (Wildman–Crippen LogP) is 6.00. The molecule has 38 heavy (non-hydrogen) atoms. The molecule has 3 N–H and O–H groups in total. The van der Waals surface area contributed by atoms with Crippen LogP contribution in [0.2, 0.25) is 0 Å². The zero-order chi connectivity index (χ0) is 26.3. The third-order valence-electron chi connectivity index (χ3n) is 6.24. The van der Waals surface area contributed by atoms with Gasteiger partial charge in [-0.3, -0.25) is 24.8 Å². The molecular formula is C29H26N8O. The first kappa shape index (κ1) is 23.5. The Bertz CT molecular complexity index is 1780. The van der Waals surface area contributed by atoms with Crippen LogP contribution in [0.5, 0.6) is 0 Å². The number of amides is 1. The average molecular weight is 503 g/mol. The molecule has 0 radical (unpaired) electrons. The number of carbonyl (C=O) groups is 1. The minimum atomic E-state index is -0.0980. The summed E-state index contributed by atoms with van der Waals surface area (Å²) in [5, 5.41) is 12.5. The van der Waals surface area contributed by atoms with E-state index in [1.165, 1.54) is 0 Å². The second kappa shape index (κ2) is 9.19. The van der Waals surface area contributed by atoms with Crippen molar-refractivity contribution in [2.45, 2.75) is 27.2 Å². The van der Waals surface area contributed by atoms with Crippen molar-refractivity contribution in [1.29, 1.82) is 0 Å². The molecule has 0 saturated heterocycles. The molecule has 188 valence electrons. The Kier molecular flexibility index (Phi) is 5.68. The lowest BCUT2D eigenvalue weighted by atomic mass is 9.92. The lowest BCUT2D eigenvalue weighted by Gasteiger charge is -2.17. The van der Waals surface area contributed by atoms with Gasteiger partial charge in [-0.15, -0.1) is 0 Å². The molecule has 0 bridgehead atoms. The van der Waals surface area contributed by atoms with E-state index in [2.05, 4.69) is 46.5 Å². The highest BCUT2D eigenvalue weighted by Crippen LogP contribution is 2.34. The minimum absolute atomic E-state index is 0.0406. The fourth-order valence-corrected chi connectivity index (χ4v) is 4.55. The molecule has 0 fully saturated rings. The molecule has 0 aliphatic heterocycles. The number of anilines is 1. The van der Waals surface area contributed by atoms with Crippen LogP contribution in [0.25, 0.3) is 55.6 Å². The average Bonchev–Trinajstić information content (AvgIpc) is 3.51. The summed E-state index contributed by atoms with van der Waals surface area (Å²) in [5.41, 5.74) is 7.44. The first-order valence-corrected chi connectivity index (χ1v) is 12.3. The molecule has 0 aromatic carbocycles. The van der Waals surface area contributed by atoms with Crippen LogP contribution in [0.3, 0.4) is 0 Å². The Balaban J connectivity index is 1.36. The van der Waals surface area contributed by atoms with Gasteiger partial charge in [0.25, 0.3) is 0 Å². The molecule has 9 nitrogen and oxygen atoms in total. The molecule has 1 amide bonds. The van der Waals surface area contributed by atoms with Crippen LogP contribution >= 0.6 is 0 Å². The Hall–Kier alpha value is -4.92. The largest absolute Gasteiger partial charge is 0.352 e. The number of pyridine rings is 4. The monoisotopic (exact) mass is 502 g/mol. The highest BCUT2D eigenvalue weighted by molar-refractivity contribution is 6.00. The Morgan fingerprint density at radius 1 is 0.895 bits per heavy atom.